The maximum Gasteiger partial charge on any atom is 0.319 e. The summed E-state index contributed by atoms with van der Waals surface area (Å²) < 4.78 is 24.2. The average Bonchev–Trinajstić information content (AvgIpc) is 2.79. The van der Waals surface area contributed by atoms with Crippen molar-refractivity contribution in [2.75, 3.05) is 16.9 Å². The monoisotopic (exact) mass is 465 g/mol. The van der Waals surface area contributed by atoms with Crippen LogP contribution in [-0.4, -0.2) is 32.7 Å². The minimum Gasteiger partial charge on any atom is -0.326 e. The molecule has 0 spiro atoms. The topological polar surface area (TPSA) is 104 Å². The van der Waals surface area contributed by atoms with Gasteiger partial charge in [-0.2, -0.15) is 0 Å². The van der Waals surface area contributed by atoms with Gasteiger partial charge in [0.05, 0.1) is 4.90 Å². The molecule has 0 radical (unpaired) electrons. The molecule has 0 aliphatic heterocycles. The van der Waals surface area contributed by atoms with Crippen molar-refractivity contribution in [3.63, 3.8) is 0 Å². The summed E-state index contributed by atoms with van der Waals surface area (Å²) in [4.78, 5) is 25.4. The minimum atomic E-state index is -3.38. The quantitative estimate of drug-likeness (QED) is 0.449. The van der Waals surface area contributed by atoms with Gasteiger partial charge in [-0.25, -0.2) is 13.2 Å². The summed E-state index contributed by atoms with van der Waals surface area (Å²) in [7, 11) is -3.38. The molecule has 8 heteroatoms. The lowest BCUT2D eigenvalue weighted by molar-refractivity contribution is -0.118. The number of hydrogen-bond donors (Lipinski definition) is 3. The number of carbonyl (C=O) groups is 2. The molecule has 3 N–H and O–H groups in total. The molecule has 0 heterocycles. The predicted octanol–water partition coefficient (Wildman–Crippen LogP) is 4.69. The molecule has 0 saturated carbocycles. The van der Waals surface area contributed by atoms with E-state index in [0.29, 0.717) is 29.8 Å². The van der Waals surface area contributed by atoms with E-state index in [0.717, 1.165) is 5.56 Å². The number of anilines is 2. The second-order valence-electron chi connectivity index (χ2n) is 7.64. The van der Waals surface area contributed by atoms with Crippen LogP contribution in [0.15, 0.2) is 83.8 Å². The Kier molecular flexibility index (Phi) is 7.84. The van der Waals surface area contributed by atoms with Crippen LogP contribution in [-0.2, 0) is 14.6 Å². The highest BCUT2D eigenvalue weighted by molar-refractivity contribution is 7.90. The van der Waals surface area contributed by atoms with Crippen molar-refractivity contribution in [3.05, 3.63) is 78.9 Å². The largest absolute Gasteiger partial charge is 0.326 e. The van der Waals surface area contributed by atoms with E-state index in [2.05, 4.69) is 16.0 Å². The van der Waals surface area contributed by atoms with Gasteiger partial charge in [-0.3, -0.25) is 4.79 Å². The minimum absolute atomic E-state index is 0.249. The Bertz CT molecular complexity index is 1210. The van der Waals surface area contributed by atoms with Crippen LogP contribution >= 0.6 is 0 Å². The summed E-state index contributed by atoms with van der Waals surface area (Å²) in [6, 6.07) is 21.5. The number of nitrogens with one attached hydrogen (secondary N) is 3. The molecule has 1 atom stereocenters. The Morgan fingerprint density at radius 1 is 0.818 bits per heavy atom. The van der Waals surface area contributed by atoms with E-state index >= 15 is 0 Å². The summed E-state index contributed by atoms with van der Waals surface area (Å²) in [6.07, 6.45) is 2.37. The molecule has 3 aromatic carbocycles. The van der Waals surface area contributed by atoms with Crippen molar-refractivity contribution in [2.45, 2.75) is 30.7 Å². The fourth-order valence-electron chi connectivity index (χ4n) is 3.40. The van der Waals surface area contributed by atoms with E-state index < -0.39 is 21.9 Å². The predicted molar refractivity (Wildman–Crippen MR) is 131 cm³/mol. The second kappa shape index (κ2) is 10.8. The molecule has 0 saturated heterocycles. The number of urea groups is 1. The molecule has 0 aliphatic carbocycles. The van der Waals surface area contributed by atoms with Crippen molar-refractivity contribution in [1.29, 1.82) is 0 Å². The van der Waals surface area contributed by atoms with E-state index in [-0.39, 0.29) is 10.8 Å². The number of para-hydroxylation sites is 1. The maximum atomic E-state index is 12.8. The first-order chi connectivity index (χ1) is 15.8. The van der Waals surface area contributed by atoms with Crippen molar-refractivity contribution < 1.29 is 18.0 Å². The van der Waals surface area contributed by atoms with Gasteiger partial charge < -0.3 is 16.0 Å². The highest BCUT2D eigenvalue weighted by atomic mass is 32.2. The standard InChI is InChI=1S/C25H27N3O4S/c1-3-9-22(28-25(30)27-19-10-5-4-6-11-19)24(29)26-20-16-14-18(15-17-20)21-12-7-8-13-23(21)33(2,31)32/h4-8,10-17,22H,3,9H2,1-2H3,(H,26,29)(H2,27,28,30)/t22-/m1/s1. The Labute approximate surface area is 194 Å². The van der Waals surface area contributed by atoms with Crippen LogP contribution in [0.5, 0.6) is 0 Å². The van der Waals surface area contributed by atoms with Crippen molar-refractivity contribution >= 4 is 33.2 Å². The van der Waals surface area contributed by atoms with E-state index in [4.69, 9.17) is 0 Å². The molecule has 33 heavy (non-hydrogen) atoms. The van der Waals surface area contributed by atoms with Gasteiger partial charge in [0.1, 0.15) is 6.04 Å². The summed E-state index contributed by atoms with van der Waals surface area (Å²) in [5, 5.41) is 8.25. The molecule has 3 aromatic rings. The zero-order valence-electron chi connectivity index (χ0n) is 18.5. The van der Waals surface area contributed by atoms with Gasteiger partial charge in [0.25, 0.3) is 0 Å². The lowest BCUT2D eigenvalue weighted by Gasteiger charge is -2.18. The van der Waals surface area contributed by atoms with Crippen LogP contribution in [0.2, 0.25) is 0 Å². The van der Waals surface area contributed by atoms with Crippen LogP contribution in [0.3, 0.4) is 0 Å². The van der Waals surface area contributed by atoms with E-state index in [1.54, 1.807) is 60.7 Å². The average molecular weight is 466 g/mol. The Morgan fingerprint density at radius 3 is 2.06 bits per heavy atom. The van der Waals surface area contributed by atoms with E-state index in [9.17, 15) is 18.0 Å². The maximum absolute atomic E-state index is 12.8. The lowest BCUT2D eigenvalue weighted by atomic mass is 10.1. The van der Waals surface area contributed by atoms with Crippen LogP contribution in [0, 0.1) is 0 Å². The highest BCUT2D eigenvalue weighted by Gasteiger charge is 2.20. The fraction of sp³-hybridized carbons (Fsp3) is 0.200. The first-order valence-electron chi connectivity index (χ1n) is 10.6. The third-order valence-electron chi connectivity index (χ3n) is 4.98. The van der Waals surface area contributed by atoms with Crippen molar-refractivity contribution in [3.8, 4) is 11.1 Å². The molecule has 3 rings (SSSR count). The number of hydrogen-bond acceptors (Lipinski definition) is 4. The zero-order chi connectivity index (χ0) is 23.8. The molecule has 7 nitrogen and oxygen atoms in total. The number of amides is 3. The fourth-order valence-corrected chi connectivity index (χ4v) is 4.31. The number of sulfone groups is 1. The number of rotatable bonds is 8. The Balaban J connectivity index is 1.69. The van der Waals surface area contributed by atoms with E-state index in [1.165, 1.54) is 6.26 Å². The van der Waals surface area contributed by atoms with Crippen LogP contribution in [0.1, 0.15) is 19.8 Å². The van der Waals surface area contributed by atoms with E-state index in [1.807, 2.05) is 25.1 Å². The molecular formula is C25H27N3O4S. The molecule has 0 bridgehead atoms. The van der Waals surface area contributed by atoms with Crippen molar-refractivity contribution in [1.82, 2.24) is 5.32 Å². The molecule has 0 aliphatic rings. The van der Waals surface area contributed by atoms with Gasteiger partial charge in [0.2, 0.25) is 5.91 Å². The number of benzene rings is 3. The normalized spacial score (nSPS) is 11.9. The molecule has 3 amide bonds. The van der Waals surface area contributed by atoms with Gasteiger partial charge in [-0.1, -0.05) is 61.9 Å². The lowest BCUT2D eigenvalue weighted by Crippen LogP contribution is -2.45. The molecule has 0 fully saturated rings. The van der Waals surface area contributed by atoms with Gasteiger partial charge in [-0.15, -0.1) is 0 Å². The molecule has 0 aromatic heterocycles. The highest BCUT2D eigenvalue weighted by Crippen LogP contribution is 2.28. The van der Waals surface area contributed by atoms with Crippen LogP contribution < -0.4 is 16.0 Å². The van der Waals surface area contributed by atoms with Crippen molar-refractivity contribution in [2.24, 2.45) is 0 Å². The van der Waals surface area contributed by atoms with Crippen LogP contribution in [0.25, 0.3) is 11.1 Å². The first kappa shape index (κ1) is 24.0. The molecular weight excluding hydrogens is 438 g/mol. The summed E-state index contributed by atoms with van der Waals surface area (Å²) in [5.41, 5.74) is 2.50. The SMILES string of the molecule is CCC[C@@H](NC(=O)Nc1ccccc1)C(=O)Nc1ccc(-c2ccccc2S(C)(=O)=O)cc1. The summed E-state index contributed by atoms with van der Waals surface area (Å²) in [6.45, 7) is 1.94. The van der Waals surface area contributed by atoms with Gasteiger partial charge in [0.15, 0.2) is 9.84 Å². The molecule has 172 valence electrons. The Hall–Kier alpha value is -3.65. The van der Waals surface area contributed by atoms with Gasteiger partial charge in [-0.05, 0) is 42.3 Å². The number of carbonyl (C=O) groups excluding carboxylic acids is 2. The second-order valence-corrected chi connectivity index (χ2v) is 9.62. The first-order valence-corrected chi connectivity index (χ1v) is 12.5. The Morgan fingerprint density at radius 2 is 1.42 bits per heavy atom. The third-order valence-corrected chi connectivity index (χ3v) is 6.14. The summed E-state index contributed by atoms with van der Waals surface area (Å²) in [5.74, 6) is -0.329. The van der Waals surface area contributed by atoms with Gasteiger partial charge in [0, 0.05) is 23.2 Å². The zero-order valence-corrected chi connectivity index (χ0v) is 19.4. The van der Waals surface area contributed by atoms with Crippen LogP contribution in [0.4, 0.5) is 16.2 Å². The third kappa shape index (κ3) is 6.66. The summed E-state index contributed by atoms with van der Waals surface area (Å²) >= 11 is 0. The van der Waals surface area contributed by atoms with Gasteiger partial charge >= 0.3 is 6.03 Å². The molecule has 0 unspecified atom stereocenters. The smallest absolute Gasteiger partial charge is 0.319 e.